The minimum Gasteiger partial charge on any atom is -0.453 e. The van der Waals surface area contributed by atoms with E-state index in [0.29, 0.717) is 6.54 Å². The number of hydrogen-bond acceptors (Lipinski definition) is 3. The number of alkyl carbamates (subject to hydrolysis) is 1. The third kappa shape index (κ3) is 7.23. The van der Waals surface area contributed by atoms with E-state index in [1.807, 2.05) is 0 Å². The summed E-state index contributed by atoms with van der Waals surface area (Å²) in [5.74, 6) is 0. The number of carbonyl (C=O) groups is 1. The molecule has 0 unspecified atom stereocenters. The third-order valence-electron chi connectivity index (χ3n) is 0.985. The van der Waals surface area contributed by atoms with Gasteiger partial charge in [-0.3, -0.25) is 0 Å². The van der Waals surface area contributed by atoms with Gasteiger partial charge in [-0.2, -0.15) is 0 Å². The first-order valence-corrected chi connectivity index (χ1v) is 3.13. The van der Waals surface area contributed by atoms with Crippen LogP contribution in [0.4, 0.5) is 4.79 Å². The molecule has 4 N–H and O–H groups in total. The molecule has 4 heteroatoms. The minimum atomic E-state index is -0.344. The molecule has 0 aliphatic carbocycles. The van der Waals surface area contributed by atoms with Crippen LogP contribution in [0, 0.1) is 0 Å². The number of methoxy groups -OCH3 is 1. The summed E-state index contributed by atoms with van der Waals surface area (Å²) in [4.78, 5) is 10.4. The molecule has 0 aliphatic rings. The quantitative estimate of drug-likeness (QED) is 0.592. The monoisotopic (exact) mass is 148 g/mol. The zero-order valence-electron chi connectivity index (χ0n) is 6.64. The van der Waals surface area contributed by atoms with Crippen molar-refractivity contribution >= 4 is 6.09 Å². The first-order valence-electron chi connectivity index (χ1n) is 3.13. The number of rotatable bonds is 3. The Labute approximate surface area is 61.5 Å². The molecule has 0 bridgehead atoms. The molecule has 1 amide bonds. The van der Waals surface area contributed by atoms with E-state index in [1.54, 1.807) is 0 Å². The van der Waals surface area contributed by atoms with Crippen LogP contribution in [0.2, 0.25) is 0 Å². The van der Waals surface area contributed by atoms with Crippen LogP contribution in [0.15, 0.2) is 0 Å². The highest BCUT2D eigenvalue weighted by Gasteiger charge is 1.93. The van der Waals surface area contributed by atoms with Crippen molar-refractivity contribution in [3.63, 3.8) is 0 Å². The van der Waals surface area contributed by atoms with Crippen LogP contribution in [0.25, 0.3) is 0 Å². The lowest BCUT2D eigenvalue weighted by atomic mass is 10.3. The van der Waals surface area contributed by atoms with E-state index >= 15 is 0 Å². The van der Waals surface area contributed by atoms with Gasteiger partial charge in [-0.25, -0.2) is 4.79 Å². The molecule has 4 nitrogen and oxygen atoms in total. The first kappa shape index (κ1) is 12.0. The molecule has 0 spiro atoms. The zero-order chi connectivity index (χ0) is 7.11. The lowest BCUT2D eigenvalue weighted by Gasteiger charge is -1.99. The van der Waals surface area contributed by atoms with Crippen LogP contribution in [-0.4, -0.2) is 19.7 Å². The summed E-state index contributed by atoms with van der Waals surface area (Å²) < 4.78 is 4.35. The molecular formula is C6H16N2O2. The second-order valence-corrected chi connectivity index (χ2v) is 1.77. The van der Waals surface area contributed by atoms with Gasteiger partial charge in [0.15, 0.2) is 0 Å². The van der Waals surface area contributed by atoms with Gasteiger partial charge in [-0.1, -0.05) is 13.3 Å². The molecule has 0 saturated heterocycles. The molecule has 0 rings (SSSR count). The summed E-state index contributed by atoms with van der Waals surface area (Å²) in [5.41, 5.74) is 0. The number of amides is 1. The molecule has 0 aromatic heterocycles. The maximum Gasteiger partial charge on any atom is 0.406 e. The van der Waals surface area contributed by atoms with E-state index in [-0.39, 0.29) is 12.2 Å². The standard InChI is InChI=1S/C6H13NO2.H3N/c1-3-4-5-7-6(8)9-2;/h3-5H2,1-2H3,(H,7,8);1H3. The SMILES string of the molecule is CCCCNC(=O)OC.N. The summed E-state index contributed by atoms with van der Waals surface area (Å²) in [6.07, 6.45) is 1.75. The Hall–Kier alpha value is -0.770. The Kier molecular flexibility index (Phi) is 9.84. The van der Waals surface area contributed by atoms with Gasteiger partial charge in [-0.05, 0) is 6.42 Å². The number of hydrogen-bond donors (Lipinski definition) is 2. The smallest absolute Gasteiger partial charge is 0.406 e. The topological polar surface area (TPSA) is 73.3 Å². The Morgan fingerprint density at radius 1 is 1.60 bits per heavy atom. The van der Waals surface area contributed by atoms with E-state index in [9.17, 15) is 4.79 Å². The van der Waals surface area contributed by atoms with Crippen LogP contribution in [0.5, 0.6) is 0 Å². The van der Waals surface area contributed by atoms with Crippen molar-refractivity contribution < 1.29 is 9.53 Å². The molecule has 62 valence electrons. The fourth-order valence-corrected chi connectivity index (χ4v) is 0.439. The maximum atomic E-state index is 10.4. The van der Waals surface area contributed by atoms with Crippen molar-refractivity contribution in [1.29, 1.82) is 0 Å². The van der Waals surface area contributed by atoms with E-state index < -0.39 is 0 Å². The fraction of sp³-hybridized carbons (Fsp3) is 0.833. The highest BCUT2D eigenvalue weighted by atomic mass is 16.5. The Morgan fingerprint density at radius 3 is 2.60 bits per heavy atom. The predicted octanol–water partition coefficient (Wildman–Crippen LogP) is 1.30. The molecule has 0 atom stereocenters. The Bertz CT molecular complexity index is 85.8. The van der Waals surface area contributed by atoms with Crippen molar-refractivity contribution in [1.82, 2.24) is 11.5 Å². The van der Waals surface area contributed by atoms with Gasteiger partial charge in [0.25, 0.3) is 0 Å². The van der Waals surface area contributed by atoms with E-state index in [2.05, 4.69) is 17.0 Å². The highest BCUT2D eigenvalue weighted by Crippen LogP contribution is 1.82. The van der Waals surface area contributed by atoms with E-state index in [1.165, 1.54) is 7.11 Å². The van der Waals surface area contributed by atoms with Gasteiger partial charge in [-0.15, -0.1) is 0 Å². The molecule has 0 aliphatic heterocycles. The number of unbranched alkanes of at least 4 members (excludes halogenated alkanes) is 1. The highest BCUT2D eigenvalue weighted by molar-refractivity contribution is 5.66. The van der Waals surface area contributed by atoms with Gasteiger partial charge in [0.1, 0.15) is 0 Å². The predicted molar refractivity (Wildman–Crippen MR) is 40.3 cm³/mol. The Balaban J connectivity index is 0. The van der Waals surface area contributed by atoms with Crippen LogP contribution < -0.4 is 11.5 Å². The van der Waals surface area contributed by atoms with Gasteiger partial charge >= 0.3 is 6.09 Å². The van der Waals surface area contributed by atoms with E-state index in [4.69, 9.17) is 0 Å². The van der Waals surface area contributed by atoms with Crippen LogP contribution in [0.3, 0.4) is 0 Å². The van der Waals surface area contributed by atoms with Crippen molar-refractivity contribution in [2.45, 2.75) is 19.8 Å². The average molecular weight is 148 g/mol. The van der Waals surface area contributed by atoms with Crippen molar-refractivity contribution in [3.8, 4) is 0 Å². The molecule has 0 heterocycles. The van der Waals surface area contributed by atoms with Crippen LogP contribution in [-0.2, 0) is 4.74 Å². The normalized spacial score (nSPS) is 7.80. The summed E-state index contributed by atoms with van der Waals surface area (Å²) in [6.45, 7) is 2.78. The van der Waals surface area contributed by atoms with Crippen molar-refractivity contribution in [3.05, 3.63) is 0 Å². The number of nitrogens with one attached hydrogen (secondary N) is 1. The number of ether oxygens (including phenoxy) is 1. The third-order valence-corrected chi connectivity index (χ3v) is 0.985. The molecule has 0 aromatic carbocycles. The molecule has 0 fully saturated rings. The molecular weight excluding hydrogens is 132 g/mol. The van der Waals surface area contributed by atoms with Gasteiger partial charge in [0, 0.05) is 6.54 Å². The first-order chi connectivity index (χ1) is 4.31. The molecule has 0 saturated carbocycles. The summed E-state index contributed by atoms with van der Waals surface area (Å²) >= 11 is 0. The lowest BCUT2D eigenvalue weighted by molar-refractivity contribution is 0.171. The maximum absolute atomic E-state index is 10.4. The lowest BCUT2D eigenvalue weighted by Crippen LogP contribution is -2.23. The average Bonchev–Trinajstić information content (AvgIpc) is 1.89. The van der Waals surface area contributed by atoms with Gasteiger partial charge in [0.05, 0.1) is 7.11 Å². The van der Waals surface area contributed by atoms with E-state index in [0.717, 1.165) is 12.8 Å². The largest absolute Gasteiger partial charge is 0.453 e. The molecule has 10 heavy (non-hydrogen) atoms. The van der Waals surface area contributed by atoms with Crippen molar-refractivity contribution in [2.75, 3.05) is 13.7 Å². The summed E-state index contributed by atoms with van der Waals surface area (Å²) in [7, 11) is 1.36. The van der Waals surface area contributed by atoms with Gasteiger partial charge in [0.2, 0.25) is 0 Å². The molecule has 0 radical (unpaired) electrons. The second-order valence-electron chi connectivity index (χ2n) is 1.77. The fourth-order valence-electron chi connectivity index (χ4n) is 0.439. The van der Waals surface area contributed by atoms with Crippen LogP contribution in [0.1, 0.15) is 19.8 Å². The minimum absolute atomic E-state index is 0. The summed E-state index contributed by atoms with van der Waals surface area (Å²) in [6, 6.07) is 0. The molecule has 0 aromatic rings. The van der Waals surface area contributed by atoms with Gasteiger partial charge < -0.3 is 16.2 Å². The Morgan fingerprint density at radius 2 is 2.20 bits per heavy atom. The second kappa shape index (κ2) is 8.23. The zero-order valence-corrected chi connectivity index (χ0v) is 6.64. The number of carbonyl (C=O) groups excluding carboxylic acids is 1. The van der Waals surface area contributed by atoms with Crippen LogP contribution >= 0.6 is 0 Å². The van der Waals surface area contributed by atoms with Crippen molar-refractivity contribution in [2.24, 2.45) is 0 Å². The summed E-state index contributed by atoms with van der Waals surface area (Å²) in [5, 5.41) is 2.57.